The molecule has 1 saturated carbocycles. The summed E-state index contributed by atoms with van der Waals surface area (Å²) in [5.74, 6) is -4.82. The monoisotopic (exact) mass is 337 g/mol. The molecule has 1 aliphatic rings. The Balaban J connectivity index is 2.13. The van der Waals surface area contributed by atoms with Gasteiger partial charge in [-0.3, -0.25) is 4.79 Å². The lowest BCUT2D eigenvalue weighted by Gasteiger charge is -2.31. The summed E-state index contributed by atoms with van der Waals surface area (Å²) in [7, 11) is 1.63. The van der Waals surface area contributed by atoms with Crippen molar-refractivity contribution in [3.8, 4) is 6.07 Å². The molecule has 0 unspecified atom stereocenters. The molecule has 7 heteroatoms. The fraction of sp³-hybridized carbons (Fsp3) is 0.412. The van der Waals surface area contributed by atoms with Crippen LogP contribution in [0.15, 0.2) is 23.9 Å². The van der Waals surface area contributed by atoms with Crippen molar-refractivity contribution in [2.24, 2.45) is 0 Å². The average Bonchev–Trinajstić information content (AvgIpc) is 2.61. The van der Waals surface area contributed by atoms with Gasteiger partial charge in [-0.05, 0) is 25.0 Å². The van der Waals surface area contributed by atoms with E-state index in [0.717, 1.165) is 50.4 Å². The maximum absolute atomic E-state index is 13.6. The van der Waals surface area contributed by atoms with Gasteiger partial charge < -0.3 is 10.2 Å². The van der Waals surface area contributed by atoms with E-state index in [0.29, 0.717) is 0 Å². The quantitative estimate of drug-likeness (QED) is 0.518. The van der Waals surface area contributed by atoms with Gasteiger partial charge in [0, 0.05) is 19.3 Å². The third kappa shape index (κ3) is 3.88. The molecule has 4 nitrogen and oxygen atoms in total. The van der Waals surface area contributed by atoms with Crippen LogP contribution in [0.25, 0.3) is 0 Å². The minimum Gasteiger partial charge on any atom is -0.358 e. The van der Waals surface area contributed by atoms with Gasteiger partial charge in [-0.25, -0.2) is 13.2 Å². The van der Waals surface area contributed by atoms with Gasteiger partial charge in [0.25, 0.3) is 5.91 Å². The van der Waals surface area contributed by atoms with Gasteiger partial charge in [-0.15, -0.1) is 0 Å². The first-order valence-electron chi connectivity index (χ1n) is 7.73. The topological polar surface area (TPSA) is 56.1 Å². The normalized spacial score (nSPS) is 15.7. The first-order chi connectivity index (χ1) is 11.5. The van der Waals surface area contributed by atoms with Gasteiger partial charge >= 0.3 is 0 Å². The van der Waals surface area contributed by atoms with E-state index in [9.17, 15) is 18.0 Å². The summed E-state index contributed by atoms with van der Waals surface area (Å²) in [6.07, 6.45) is 5.98. The summed E-state index contributed by atoms with van der Waals surface area (Å²) >= 11 is 0. The molecule has 1 aromatic carbocycles. The Labute approximate surface area is 138 Å². The number of nitrogens with zero attached hydrogens (tertiary/aromatic N) is 2. The fourth-order valence-electron chi connectivity index (χ4n) is 2.75. The summed E-state index contributed by atoms with van der Waals surface area (Å²) < 4.78 is 39.7. The number of amides is 1. The zero-order valence-corrected chi connectivity index (χ0v) is 13.3. The van der Waals surface area contributed by atoms with Crippen LogP contribution in [0.3, 0.4) is 0 Å². The first-order valence-corrected chi connectivity index (χ1v) is 7.73. The predicted molar refractivity (Wildman–Crippen MR) is 83.3 cm³/mol. The average molecular weight is 337 g/mol. The second-order valence-electron chi connectivity index (χ2n) is 5.74. The number of likely N-dealkylation sites (N-methyl/N-ethyl adjacent to an activating group) is 1. The van der Waals surface area contributed by atoms with E-state index in [1.807, 2.05) is 0 Å². The van der Waals surface area contributed by atoms with Crippen LogP contribution >= 0.6 is 0 Å². The third-order valence-corrected chi connectivity index (χ3v) is 4.20. The summed E-state index contributed by atoms with van der Waals surface area (Å²) in [4.78, 5) is 13.9. The Morgan fingerprint density at radius 2 is 1.92 bits per heavy atom. The van der Waals surface area contributed by atoms with Gasteiger partial charge in [0.05, 0.1) is 5.69 Å². The molecule has 1 aromatic rings. The van der Waals surface area contributed by atoms with E-state index in [1.165, 1.54) is 4.90 Å². The highest BCUT2D eigenvalue weighted by molar-refractivity contribution is 5.97. The van der Waals surface area contributed by atoms with Crippen molar-refractivity contribution in [3.05, 3.63) is 41.4 Å². The van der Waals surface area contributed by atoms with Crippen molar-refractivity contribution in [1.82, 2.24) is 4.90 Å². The number of rotatable bonds is 4. The number of carbonyl (C=O) groups excluding carboxylic acids is 1. The van der Waals surface area contributed by atoms with E-state index in [-0.39, 0.29) is 17.3 Å². The van der Waals surface area contributed by atoms with Gasteiger partial charge in [-0.1, -0.05) is 19.3 Å². The Morgan fingerprint density at radius 3 is 2.54 bits per heavy atom. The molecule has 2 rings (SSSR count). The van der Waals surface area contributed by atoms with Crippen LogP contribution in [-0.4, -0.2) is 23.9 Å². The second-order valence-corrected chi connectivity index (χ2v) is 5.74. The van der Waals surface area contributed by atoms with E-state index in [1.54, 1.807) is 13.1 Å². The molecule has 24 heavy (non-hydrogen) atoms. The van der Waals surface area contributed by atoms with E-state index < -0.39 is 23.4 Å². The van der Waals surface area contributed by atoms with Crippen LogP contribution < -0.4 is 5.32 Å². The van der Waals surface area contributed by atoms with Gasteiger partial charge in [0.1, 0.15) is 11.6 Å². The Morgan fingerprint density at radius 1 is 1.25 bits per heavy atom. The zero-order chi connectivity index (χ0) is 17.7. The molecule has 1 amide bonds. The Hall–Kier alpha value is -2.49. The largest absolute Gasteiger partial charge is 0.358 e. The van der Waals surface area contributed by atoms with Crippen molar-refractivity contribution in [3.63, 3.8) is 0 Å². The van der Waals surface area contributed by atoms with Crippen molar-refractivity contribution in [2.45, 2.75) is 38.1 Å². The van der Waals surface area contributed by atoms with Crippen LogP contribution in [0.2, 0.25) is 0 Å². The number of anilines is 1. The van der Waals surface area contributed by atoms with E-state index >= 15 is 0 Å². The minimum absolute atomic E-state index is 0.0722. The lowest BCUT2D eigenvalue weighted by atomic mass is 9.94. The van der Waals surface area contributed by atoms with Crippen molar-refractivity contribution in [1.29, 1.82) is 5.26 Å². The van der Waals surface area contributed by atoms with Crippen LogP contribution in [0, 0.1) is 28.8 Å². The van der Waals surface area contributed by atoms with Crippen LogP contribution in [0.5, 0.6) is 0 Å². The maximum Gasteiger partial charge on any atom is 0.266 e. The molecule has 1 N–H and O–H groups in total. The summed E-state index contributed by atoms with van der Waals surface area (Å²) in [6, 6.07) is 3.58. The van der Waals surface area contributed by atoms with Crippen molar-refractivity contribution >= 4 is 11.6 Å². The van der Waals surface area contributed by atoms with Crippen LogP contribution in [-0.2, 0) is 4.79 Å². The van der Waals surface area contributed by atoms with Gasteiger partial charge in [0.15, 0.2) is 17.5 Å². The molecule has 0 aliphatic heterocycles. The number of nitrogens with one attached hydrogen (secondary N) is 1. The van der Waals surface area contributed by atoms with Gasteiger partial charge in [-0.2, -0.15) is 5.26 Å². The zero-order valence-electron chi connectivity index (χ0n) is 13.3. The lowest BCUT2D eigenvalue weighted by molar-refractivity contribution is -0.128. The predicted octanol–water partition coefficient (Wildman–Crippen LogP) is 3.71. The number of halogens is 3. The van der Waals surface area contributed by atoms with Crippen molar-refractivity contribution in [2.75, 3.05) is 12.4 Å². The molecule has 0 radical (unpaired) electrons. The number of carbonyl (C=O) groups is 1. The number of nitriles is 1. The van der Waals surface area contributed by atoms with Crippen LogP contribution in [0.1, 0.15) is 32.1 Å². The Bertz CT molecular complexity index is 691. The lowest BCUT2D eigenvalue weighted by Crippen LogP contribution is -2.39. The molecule has 0 saturated heterocycles. The highest BCUT2D eigenvalue weighted by Crippen LogP contribution is 2.23. The SMILES string of the molecule is CN(C(=O)/C(C#N)=C\Nc1ccc(F)c(F)c1F)C1CCCCC1. The number of hydrogen-bond acceptors (Lipinski definition) is 3. The Kier molecular flexibility index (Phi) is 5.85. The third-order valence-electron chi connectivity index (χ3n) is 4.20. The van der Waals surface area contributed by atoms with E-state index in [2.05, 4.69) is 5.32 Å². The standard InChI is InChI=1S/C17H18F3N3O/c1-23(12-5-3-2-4-6-12)17(24)11(9-21)10-22-14-8-7-13(18)15(19)16(14)20/h7-8,10,12,22H,2-6H2,1H3/b11-10-. The number of hydrogen-bond donors (Lipinski definition) is 1. The molecule has 0 atom stereocenters. The highest BCUT2D eigenvalue weighted by atomic mass is 19.2. The highest BCUT2D eigenvalue weighted by Gasteiger charge is 2.24. The summed E-state index contributed by atoms with van der Waals surface area (Å²) in [5.41, 5.74) is -0.582. The summed E-state index contributed by atoms with van der Waals surface area (Å²) in [5, 5.41) is 11.5. The van der Waals surface area contributed by atoms with Gasteiger partial charge in [0.2, 0.25) is 0 Å². The number of benzene rings is 1. The molecule has 0 spiro atoms. The molecule has 0 heterocycles. The molecule has 128 valence electrons. The maximum atomic E-state index is 13.6. The molecule has 0 bridgehead atoms. The van der Waals surface area contributed by atoms with Crippen molar-refractivity contribution < 1.29 is 18.0 Å². The molecule has 0 aromatic heterocycles. The summed E-state index contributed by atoms with van der Waals surface area (Å²) in [6.45, 7) is 0. The van der Waals surface area contributed by atoms with E-state index in [4.69, 9.17) is 5.26 Å². The first kappa shape index (κ1) is 17.9. The molecular weight excluding hydrogens is 319 g/mol. The fourth-order valence-corrected chi connectivity index (χ4v) is 2.75. The van der Waals surface area contributed by atoms with Crippen LogP contribution in [0.4, 0.5) is 18.9 Å². The molecular formula is C17H18F3N3O. The molecule has 1 aliphatic carbocycles. The smallest absolute Gasteiger partial charge is 0.266 e. The minimum atomic E-state index is -1.61. The molecule has 1 fully saturated rings. The second kappa shape index (κ2) is 7.86.